The molecule has 1 fully saturated rings. The van der Waals surface area contributed by atoms with Crippen LogP contribution in [0.3, 0.4) is 0 Å². The fraction of sp³-hybridized carbons (Fsp3) is 0.350. The number of rotatable bonds is 4. The van der Waals surface area contributed by atoms with Gasteiger partial charge in [-0.15, -0.1) is 0 Å². The number of carbonyl (C=O) groups excluding carboxylic acids is 1. The van der Waals surface area contributed by atoms with Crippen LogP contribution in [0, 0.1) is 0 Å². The fourth-order valence-electron chi connectivity index (χ4n) is 3.86. The zero-order valence-corrected chi connectivity index (χ0v) is 16.6. The van der Waals surface area contributed by atoms with Gasteiger partial charge >= 0.3 is 0 Å². The van der Waals surface area contributed by atoms with Crippen LogP contribution in [0.2, 0.25) is 5.02 Å². The molecule has 4 rings (SSSR count). The summed E-state index contributed by atoms with van der Waals surface area (Å²) in [6.07, 6.45) is 1.62. The fourth-order valence-corrected chi connectivity index (χ4v) is 4.30. The molecule has 1 N–H and O–H groups in total. The molecule has 0 radical (unpaired) electrons. The Morgan fingerprint density at radius 3 is 2.62 bits per heavy atom. The van der Waals surface area contributed by atoms with E-state index in [-0.39, 0.29) is 5.91 Å². The minimum atomic E-state index is -0.427. The third kappa shape index (κ3) is 3.36. The van der Waals surface area contributed by atoms with Gasteiger partial charge in [-0.1, -0.05) is 27.5 Å². The van der Waals surface area contributed by atoms with Gasteiger partial charge in [0.25, 0.3) is 0 Å². The molecule has 1 amide bonds. The van der Waals surface area contributed by atoms with E-state index in [0.717, 1.165) is 53.9 Å². The van der Waals surface area contributed by atoms with Gasteiger partial charge in [0.05, 0.1) is 5.41 Å². The average Bonchev–Trinajstić information content (AvgIpc) is 2.90. The van der Waals surface area contributed by atoms with Gasteiger partial charge in [0.1, 0.15) is 12.4 Å². The number of likely N-dealkylation sites (tertiary alicyclic amines) is 1. The number of halogens is 2. The number of piperidine rings is 1. The highest BCUT2D eigenvalue weighted by Gasteiger charge is 2.48. The molecular weight excluding hydrogens is 416 g/mol. The number of hydrogen-bond donors (Lipinski definition) is 1. The molecule has 0 atom stereocenters. The maximum Gasteiger partial charge on any atom is 0.235 e. The molecule has 2 aromatic rings. The van der Waals surface area contributed by atoms with E-state index in [1.165, 1.54) is 0 Å². The van der Waals surface area contributed by atoms with E-state index in [1.807, 2.05) is 42.5 Å². The van der Waals surface area contributed by atoms with E-state index in [1.54, 1.807) is 0 Å². The molecule has 0 aliphatic carbocycles. The highest BCUT2D eigenvalue weighted by Crippen LogP contribution is 2.45. The lowest BCUT2D eigenvalue weighted by atomic mass is 9.73. The third-order valence-electron chi connectivity index (χ3n) is 5.38. The Labute approximate surface area is 166 Å². The zero-order valence-electron chi connectivity index (χ0n) is 14.3. The van der Waals surface area contributed by atoms with Crippen LogP contribution in [0.1, 0.15) is 18.4 Å². The van der Waals surface area contributed by atoms with Crippen LogP contribution in [-0.2, 0) is 10.2 Å². The first kappa shape index (κ1) is 17.8. The first-order valence-corrected chi connectivity index (χ1v) is 9.96. The van der Waals surface area contributed by atoms with Crippen molar-refractivity contribution in [3.8, 4) is 5.75 Å². The first-order chi connectivity index (χ1) is 12.6. The van der Waals surface area contributed by atoms with E-state index in [4.69, 9.17) is 16.3 Å². The molecule has 6 heteroatoms. The molecular formula is C20H20BrClN2O2. The molecule has 0 aromatic heterocycles. The van der Waals surface area contributed by atoms with Gasteiger partial charge in [0.2, 0.25) is 5.91 Å². The van der Waals surface area contributed by atoms with Crippen LogP contribution in [-0.4, -0.2) is 37.0 Å². The molecule has 4 nitrogen and oxygen atoms in total. The van der Waals surface area contributed by atoms with Crippen LogP contribution >= 0.6 is 27.5 Å². The SMILES string of the molecule is O=C1Nc2ccc(Cl)cc2C12CCN(CCOc1ccc(Br)cc1)CC2. The monoisotopic (exact) mass is 434 g/mol. The molecule has 136 valence electrons. The largest absolute Gasteiger partial charge is 0.492 e. The van der Waals surface area contributed by atoms with Crippen molar-refractivity contribution in [3.63, 3.8) is 0 Å². The van der Waals surface area contributed by atoms with Gasteiger partial charge in [-0.05, 0) is 74.0 Å². The Hall–Kier alpha value is -1.56. The second-order valence-corrected chi connectivity index (χ2v) is 8.22. The first-order valence-electron chi connectivity index (χ1n) is 8.79. The molecule has 0 unspecified atom stereocenters. The number of nitrogens with zero attached hydrogens (tertiary/aromatic N) is 1. The number of fused-ring (bicyclic) bond motifs is 2. The normalized spacial score (nSPS) is 18.6. The van der Waals surface area contributed by atoms with Crippen molar-refractivity contribution in [1.82, 2.24) is 4.90 Å². The summed E-state index contributed by atoms with van der Waals surface area (Å²) in [5.74, 6) is 0.987. The molecule has 2 aliphatic rings. The van der Waals surface area contributed by atoms with Crippen molar-refractivity contribution in [1.29, 1.82) is 0 Å². The van der Waals surface area contributed by atoms with Crippen LogP contribution in [0.15, 0.2) is 46.9 Å². The lowest BCUT2D eigenvalue weighted by Gasteiger charge is -2.37. The maximum absolute atomic E-state index is 12.7. The number of amides is 1. The Kier molecular flexibility index (Phi) is 4.95. The van der Waals surface area contributed by atoms with Gasteiger partial charge in [0.15, 0.2) is 0 Å². The molecule has 2 aromatic carbocycles. The summed E-state index contributed by atoms with van der Waals surface area (Å²) in [7, 11) is 0. The number of hydrogen-bond acceptors (Lipinski definition) is 3. The van der Waals surface area contributed by atoms with Crippen LogP contribution in [0.25, 0.3) is 0 Å². The van der Waals surface area contributed by atoms with Gasteiger partial charge < -0.3 is 10.1 Å². The van der Waals surface area contributed by atoms with Gasteiger partial charge in [-0.2, -0.15) is 0 Å². The minimum absolute atomic E-state index is 0.112. The van der Waals surface area contributed by atoms with E-state index in [9.17, 15) is 4.79 Å². The Morgan fingerprint density at radius 2 is 1.88 bits per heavy atom. The Balaban J connectivity index is 1.35. The summed E-state index contributed by atoms with van der Waals surface area (Å²) in [5, 5.41) is 3.71. The summed E-state index contributed by atoms with van der Waals surface area (Å²) < 4.78 is 6.86. The van der Waals surface area contributed by atoms with Crippen LogP contribution < -0.4 is 10.1 Å². The molecule has 2 heterocycles. The average molecular weight is 436 g/mol. The highest BCUT2D eigenvalue weighted by molar-refractivity contribution is 9.10. The van der Waals surface area contributed by atoms with Gasteiger partial charge in [0, 0.05) is 21.7 Å². The maximum atomic E-state index is 12.7. The summed E-state index contributed by atoms with van der Waals surface area (Å²) in [5.41, 5.74) is 1.54. The highest BCUT2D eigenvalue weighted by atomic mass is 79.9. The second kappa shape index (κ2) is 7.22. The van der Waals surface area contributed by atoms with Crippen molar-refractivity contribution in [2.45, 2.75) is 18.3 Å². The van der Waals surface area contributed by atoms with Crippen LogP contribution in [0.4, 0.5) is 5.69 Å². The predicted octanol–water partition coefficient (Wildman–Crippen LogP) is 4.47. The molecule has 0 saturated carbocycles. The molecule has 0 bridgehead atoms. The standard InChI is InChI=1S/C20H20BrClN2O2/c21-14-1-4-16(5-2-14)26-12-11-24-9-7-20(8-10-24)17-13-15(22)3-6-18(17)23-19(20)25/h1-6,13H,7-12H2,(H,23,25). The van der Waals surface area contributed by atoms with Crippen LogP contribution in [0.5, 0.6) is 5.75 Å². The van der Waals surface area contributed by atoms with E-state index < -0.39 is 5.41 Å². The molecule has 2 aliphatic heterocycles. The number of ether oxygens (including phenoxy) is 1. The molecule has 26 heavy (non-hydrogen) atoms. The topological polar surface area (TPSA) is 41.6 Å². The summed E-state index contributed by atoms with van der Waals surface area (Å²) >= 11 is 9.59. The minimum Gasteiger partial charge on any atom is -0.492 e. The number of anilines is 1. The summed E-state index contributed by atoms with van der Waals surface area (Å²) in [6, 6.07) is 13.5. The predicted molar refractivity (Wildman–Crippen MR) is 107 cm³/mol. The number of nitrogens with one attached hydrogen (secondary N) is 1. The van der Waals surface area contributed by atoms with Crippen molar-refractivity contribution >= 4 is 39.1 Å². The van der Waals surface area contributed by atoms with Gasteiger partial charge in [-0.3, -0.25) is 9.69 Å². The Bertz CT molecular complexity index is 817. The number of carbonyl (C=O) groups is 1. The molecule has 1 spiro atoms. The van der Waals surface area contributed by atoms with Crippen molar-refractivity contribution in [2.75, 3.05) is 31.6 Å². The van der Waals surface area contributed by atoms with Gasteiger partial charge in [-0.25, -0.2) is 0 Å². The quantitative estimate of drug-likeness (QED) is 0.770. The third-order valence-corrected chi connectivity index (χ3v) is 6.14. The smallest absolute Gasteiger partial charge is 0.235 e. The second-order valence-electron chi connectivity index (χ2n) is 6.87. The van der Waals surface area contributed by atoms with E-state index in [0.29, 0.717) is 11.6 Å². The van der Waals surface area contributed by atoms with Crippen molar-refractivity contribution in [2.24, 2.45) is 0 Å². The van der Waals surface area contributed by atoms with Crippen molar-refractivity contribution in [3.05, 3.63) is 57.5 Å². The lowest BCUT2D eigenvalue weighted by molar-refractivity contribution is -0.122. The van der Waals surface area contributed by atoms with E-state index in [2.05, 4.69) is 26.1 Å². The lowest BCUT2D eigenvalue weighted by Crippen LogP contribution is -2.47. The number of benzene rings is 2. The Morgan fingerprint density at radius 1 is 1.15 bits per heavy atom. The summed E-state index contributed by atoms with van der Waals surface area (Å²) in [4.78, 5) is 15.0. The zero-order chi connectivity index (χ0) is 18.1. The molecule has 1 saturated heterocycles. The van der Waals surface area contributed by atoms with Crippen molar-refractivity contribution < 1.29 is 9.53 Å². The summed E-state index contributed by atoms with van der Waals surface area (Å²) in [6.45, 7) is 3.26. The van der Waals surface area contributed by atoms with E-state index >= 15 is 0 Å².